The van der Waals surface area contributed by atoms with Crippen LogP contribution in [0.4, 0.5) is 8.78 Å². The number of alkyl halides is 2. The average Bonchev–Trinajstić information content (AvgIpc) is 2.56. The molecule has 1 rings (SSSR count). The largest absolute Gasteiger partial charge is 0.282 e. The van der Waals surface area contributed by atoms with E-state index in [0.717, 1.165) is 12.8 Å². The van der Waals surface area contributed by atoms with Gasteiger partial charge >= 0.3 is 0 Å². The third-order valence-electron chi connectivity index (χ3n) is 2.17. The molecule has 0 unspecified atom stereocenters. The van der Waals surface area contributed by atoms with Crippen LogP contribution in [0.25, 0.3) is 0 Å². The summed E-state index contributed by atoms with van der Waals surface area (Å²) in [6, 6.07) is 1.62. The maximum absolute atomic E-state index is 12.2. The van der Waals surface area contributed by atoms with Gasteiger partial charge in [-0.1, -0.05) is 13.8 Å². The van der Waals surface area contributed by atoms with Crippen LogP contribution in [0.15, 0.2) is 12.3 Å². The Hall–Kier alpha value is -0.930. The van der Waals surface area contributed by atoms with Gasteiger partial charge in [-0.15, -0.1) is 0 Å². The van der Waals surface area contributed by atoms with E-state index in [2.05, 4.69) is 5.10 Å². The highest BCUT2D eigenvalue weighted by Gasteiger charge is 2.13. The Morgan fingerprint density at radius 3 is 2.38 bits per heavy atom. The third-order valence-corrected chi connectivity index (χ3v) is 2.17. The van der Waals surface area contributed by atoms with Crippen LogP contribution >= 0.6 is 0 Å². The molecular weight excluding hydrogens is 174 g/mol. The average molecular weight is 188 g/mol. The zero-order chi connectivity index (χ0) is 9.84. The Kier molecular flexibility index (Phi) is 3.39. The van der Waals surface area contributed by atoms with E-state index in [0.29, 0.717) is 0 Å². The van der Waals surface area contributed by atoms with Crippen molar-refractivity contribution in [3.8, 4) is 0 Å². The topological polar surface area (TPSA) is 17.8 Å². The van der Waals surface area contributed by atoms with Gasteiger partial charge < -0.3 is 0 Å². The van der Waals surface area contributed by atoms with Crippen molar-refractivity contribution in [2.45, 2.75) is 39.2 Å². The van der Waals surface area contributed by atoms with E-state index >= 15 is 0 Å². The van der Waals surface area contributed by atoms with Crippen LogP contribution in [-0.2, 0) is 0 Å². The minimum atomic E-state index is -2.46. The highest BCUT2D eigenvalue weighted by atomic mass is 19.3. The summed E-state index contributed by atoms with van der Waals surface area (Å²) in [4.78, 5) is 0. The van der Waals surface area contributed by atoms with Crippen LogP contribution in [-0.4, -0.2) is 9.78 Å². The van der Waals surface area contributed by atoms with Crippen molar-refractivity contribution in [3.63, 3.8) is 0 Å². The molecule has 1 aromatic rings. The SMILES string of the molecule is CCC(CC)n1ccc(C(F)F)n1. The molecule has 1 heterocycles. The van der Waals surface area contributed by atoms with E-state index in [1.807, 2.05) is 13.8 Å². The van der Waals surface area contributed by atoms with Crippen molar-refractivity contribution in [1.82, 2.24) is 9.78 Å². The zero-order valence-electron chi connectivity index (χ0n) is 7.87. The van der Waals surface area contributed by atoms with E-state index < -0.39 is 6.43 Å². The predicted octanol–water partition coefficient (Wildman–Crippen LogP) is 3.18. The molecule has 13 heavy (non-hydrogen) atoms. The summed E-state index contributed by atoms with van der Waals surface area (Å²) in [6.45, 7) is 4.05. The van der Waals surface area contributed by atoms with Crippen LogP contribution in [0.2, 0.25) is 0 Å². The Labute approximate surface area is 76.6 Å². The number of rotatable bonds is 4. The van der Waals surface area contributed by atoms with Gasteiger partial charge in [-0.3, -0.25) is 4.68 Å². The second kappa shape index (κ2) is 4.35. The quantitative estimate of drug-likeness (QED) is 0.709. The standard InChI is InChI=1S/C9H14F2N2/c1-3-7(4-2)13-6-5-8(12-13)9(10)11/h5-7,9H,3-4H2,1-2H3. The molecule has 0 bridgehead atoms. The Bertz CT molecular complexity index is 254. The number of aromatic nitrogens is 2. The molecule has 4 heteroatoms. The molecule has 0 amide bonds. The molecule has 74 valence electrons. The van der Waals surface area contributed by atoms with Crippen molar-refractivity contribution in [2.75, 3.05) is 0 Å². The van der Waals surface area contributed by atoms with Crippen LogP contribution in [0.3, 0.4) is 0 Å². The normalized spacial score (nSPS) is 11.5. The van der Waals surface area contributed by atoms with Gasteiger partial charge in [0.05, 0.1) is 6.04 Å². The molecule has 0 saturated heterocycles. The minimum absolute atomic E-state index is 0.132. The molecule has 0 radical (unpaired) electrons. The summed E-state index contributed by atoms with van der Waals surface area (Å²) in [7, 11) is 0. The van der Waals surface area contributed by atoms with Crippen molar-refractivity contribution in [1.29, 1.82) is 0 Å². The monoisotopic (exact) mass is 188 g/mol. The molecular formula is C9H14F2N2. The fourth-order valence-corrected chi connectivity index (χ4v) is 1.34. The lowest BCUT2D eigenvalue weighted by atomic mass is 10.2. The Morgan fingerprint density at radius 1 is 1.38 bits per heavy atom. The molecule has 0 aliphatic heterocycles. The van der Waals surface area contributed by atoms with Crippen molar-refractivity contribution >= 4 is 0 Å². The van der Waals surface area contributed by atoms with Gasteiger partial charge in [0.1, 0.15) is 5.69 Å². The molecule has 0 saturated carbocycles. The number of hydrogen-bond acceptors (Lipinski definition) is 1. The number of halogens is 2. The molecule has 0 spiro atoms. The fraction of sp³-hybridized carbons (Fsp3) is 0.667. The van der Waals surface area contributed by atoms with E-state index in [4.69, 9.17) is 0 Å². The lowest BCUT2D eigenvalue weighted by Crippen LogP contribution is -2.07. The predicted molar refractivity (Wildman–Crippen MR) is 46.8 cm³/mol. The van der Waals surface area contributed by atoms with E-state index in [9.17, 15) is 8.78 Å². The lowest BCUT2D eigenvalue weighted by Gasteiger charge is -2.12. The van der Waals surface area contributed by atoms with Gasteiger partial charge in [0, 0.05) is 6.20 Å². The molecule has 2 nitrogen and oxygen atoms in total. The highest BCUT2D eigenvalue weighted by molar-refractivity contribution is 5.00. The van der Waals surface area contributed by atoms with Crippen LogP contribution < -0.4 is 0 Å². The lowest BCUT2D eigenvalue weighted by molar-refractivity contribution is 0.144. The zero-order valence-corrected chi connectivity index (χ0v) is 7.87. The number of nitrogens with zero attached hydrogens (tertiary/aromatic N) is 2. The van der Waals surface area contributed by atoms with Crippen LogP contribution in [0.1, 0.15) is 44.9 Å². The fourth-order valence-electron chi connectivity index (χ4n) is 1.34. The Balaban J connectivity index is 2.78. The van der Waals surface area contributed by atoms with E-state index in [-0.39, 0.29) is 11.7 Å². The van der Waals surface area contributed by atoms with Crippen molar-refractivity contribution in [3.05, 3.63) is 18.0 Å². The summed E-state index contributed by atoms with van der Waals surface area (Å²) in [6.07, 6.45) is 0.997. The van der Waals surface area contributed by atoms with Crippen molar-refractivity contribution in [2.24, 2.45) is 0 Å². The molecule has 1 aromatic heterocycles. The first-order chi connectivity index (χ1) is 6.19. The van der Waals surface area contributed by atoms with Gasteiger partial charge in [0.15, 0.2) is 0 Å². The van der Waals surface area contributed by atoms with Gasteiger partial charge in [-0.05, 0) is 18.9 Å². The molecule has 0 fully saturated rings. The van der Waals surface area contributed by atoms with Gasteiger partial charge in [-0.25, -0.2) is 8.78 Å². The van der Waals surface area contributed by atoms with Gasteiger partial charge in [-0.2, -0.15) is 5.10 Å². The summed E-state index contributed by atoms with van der Waals surface area (Å²) in [5, 5.41) is 3.82. The van der Waals surface area contributed by atoms with E-state index in [1.54, 1.807) is 10.9 Å². The maximum Gasteiger partial charge on any atom is 0.282 e. The van der Waals surface area contributed by atoms with E-state index in [1.165, 1.54) is 6.07 Å². The first-order valence-electron chi connectivity index (χ1n) is 4.52. The summed E-state index contributed by atoms with van der Waals surface area (Å²) >= 11 is 0. The molecule has 0 atom stereocenters. The first kappa shape index (κ1) is 10.2. The Morgan fingerprint density at radius 2 is 2.00 bits per heavy atom. The number of hydrogen-bond donors (Lipinski definition) is 0. The van der Waals surface area contributed by atoms with Gasteiger partial charge in [0.25, 0.3) is 6.43 Å². The first-order valence-corrected chi connectivity index (χ1v) is 4.52. The molecule has 0 aliphatic carbocycles. The molecule has 0 N–H and O–H groups in total. The molecule has 0 aromatic carbocycles. The smallest absolute Gasteiger partial charge is 0.269 e. The third kappa shape index (κ3) is 2.26. The second-order valence-electron chi connectivity index (χ2n) is 2.99. The van der Waals surface area contributed by atoms with Crippen molar-refractivity contribution < 1.29 is 8.78 Å². The molecule has 0 aliphatic rings. The summed E-state index contributed by atoms with van der Waals surface area (Å²) in [5.41, 5.74) is -0.132. The minimum Gasteiger partial charge on any atom is -0.269 e. The second-order valence-corrected chi connectivity index (χ2v) is 2.99. The summed E-state index contributed by atoms with van der Waals surface area (Å²) < 4.78 is 26.0. The van der Waals surface area contributed by atoms with Crippen LogP contribution in [0.5, 0.6) is 0 Å². The van der Waals surface area contributed by atoms with Crippen LogP contribution in [0, 0.1) is 0 Å². The highest BCUT2D eigenvalue weighted by Crippen LogP contribution is 2.19. The van der Waals surface area contributed by atoms with Gasteiger partial charge in [0.2, 0.25) is 0 Å². The summed E-state index contributed by atoms with van der Waals surface area (Å²) in [5.74, 6) is 0. The maximum atomic E-state index is 12.2.